The summed E-state index contributed by atoms with van der Waals surface area (Å²) in [5, 5.41) is 1.01. The highest BCUT2D eigenvalue weighted by molar-refractivity contribution is 5.91. The topological polar surface area (TPSA) is 65.2 Å². The van der Waals surface area contributed by atoms with Crippen molar-refractivity contribution in [2.45, 2.75) is 6.42 Å². The predicted molar refractivity (Wildman–Crippen MR) is 85.9 cm³/mol. The standard InChI is InChI=1S/C18H16N2O2/c19-10-9-13-3-5-15(6-4-13)18(21)22-16-8-7-14-2-1-11-20-17(14)12-16/h1-8,11-12H,9-10,19H2. The molecular formula is C18H16N2O2. The second kappa shape index (κ2) is 6.37. The number of esters is 1. The van der Waals surface area contributed by atoms with Gasteiger partial charge < -0.3 is 10.5 Å². The zero-order chi connectivity index (χ0) is 15.4. The molecule has 22 heavy (non-hydrogen) atoms. The Labute approximate surface area is 128 Å². The third-order valence-corrected chi connectivity index (χ3v) is 3.41. The number of nitrogens with zero attached hydrogens (tertiary/aromatic N) is 1. The molecule has 0 atom stereocenters. The number of benzene rings is 2. The maximum Gasteiger partial charge on any atom is 0.343 e. The Morgan fingerprint density at radius 1 is 1.09 bits per heavy atom. The Kier molecular flexibility index (Phi) is 4.12. The van der Waals surface area contributed by atoms with Gasteiger partial charge >= 0.3 is 5.97 Å². The minimum Gasteiger partial charge on any atom is -0.423 e. The van der Waals surface area contributed by atoms with E-state index in [9.17, 15) is 4.79 Å². The molecule has 4 heteroatoms. The van der Waals surface area contributed by atoms with Crippen LogP contribution in [0.25, 0.3) is 10.9 Å². The van der Waals surface area contributed by atoms with E-state index in [4.69, 9.17) is 10.5 Å². The normalized spacial score (nSPS) is 10.6. The van der Waals surface area contributed by atoms with Crippen molar-refractivity contribution in [2.75, 3.05) is 6.54 Å². The van der Waals surface area contributed by atoms with Gasteiger partial charge in [0.2, 0.25) is 0 Å². The number of carbonyl (C=O) groups excluding carboxylic acids is 1. The fourth-order valence-electron chi connectivity index (χ4n) is 2.25. The van der Waals surface area contributed by atoms with Gasteiger partial charge in [0.05, 0.1) is 11.1 Å². The molecule has 110 valence electrons. The number of ether oxygens (including phenoxy) is 1. The zero-order valence-corrected chi connectivity index (χ0v) is 12.0. The lowest BCUT2D eigenvalue weighted by molar-refractivity contribution is 0.0735. The summed E-state index contributed by atoms with van der Waals surface area (Å²) in [5.41, 5.74) is 7.93. The third kappa shape index (κ3) is 3.13. The second-order valence-corrected chi connectivity index (χ2v) is 4.98. The summed E-state index contributed by atoms with van der Waals surface area (Å²) >= 11 is 0. The van der Waals surface area contributed by atoms with Crippen LogP contribution in [0.15, 0.2) is 60.8 Å². The number of aromatic nitrogens is 1. The van der Waals surface area contributed by atoms with E-state index in [1.807, 2.05) is 30.3 Å². The van der Waals surface area contributed by atoms with Gasteiger partial charge in [-0.1, -0.05) is 18.2 Å². The van der Waals surface area contributed by atoms with E-state index in [1.165, 1.54) is 0 Å². The van der Waals surface area contributed by atoms with Gasteiger partial charge in [-0.2, -0.15) is 0 Å². The van der Waals surface area contributed by atoms with Crippen molar-refractivity contribution in [3.8, 4) is 5.75 Å². The van der Waals surface area contributed by atoms with Crippen LogP contribution in [0.1, 0.15) is 15.9 Å². The number of hydrogen-bond donors (Lipinski definition) is 1. The van der Waals surface area contributed by atoms with Gasteiger partial charge in [0.15, 0.2) is 0 Å². The highest BCUT2D eigenvalue weighted by Crippen LogP contribution is 2.20. The number of carbonyl (C=O) groups is 1. The van der Waals surface area contributed by atoms with Crippen molar-refractivity contribution in [1.82, 2.24) is 4.98 Å². The molecule has 0 spiro atoms. The van der Waals surface area contributed by atoms with E-state index in [2.05, 4.69) is 4.98 Å². The highest BCUT2D eigenvalue weighted by atomic mass is 16.5. The first kappa shape index (κ1) is 14.2. The largest absolute Gasteiger partial charge is 0.423 e. The molecule has 0 radical (unpaired) electrons. The molecule has 0 aliphatic heterocycles. The van der Waals surface area contributed by atoms with Gasteiger partial charge in [0.1, 0.15) is 5.75 Å². The third-order valence-electron chi connectivity index (χ3n) is 3.41. The van der Waals surface area contributed by atoms with E-state index in [-0.39, 0.29) is 5.97 Å². The molecule has 1 heterocycles. The number of fused-ring (bicyclic) bond motifs is 1. The van der Waals surface area contributed by atoms with Gasteiger partial charge in [0.25, 0.3) is 0 Å². The molecule has 0 aliphatic rings. The van der Waals surface area contributed by atoms with Crippen LogP contribution < -0.4 is 10.5 Å². The number of pyridine rings is 1. The highest BCUT2D eigenvalue weighted by Gasteiger charge is 2.09. The molecule has 0 saturated heterocycles. The molecule has 0 amide bonds. The average molecular weight is 292 g/mol. The van der Waals surface area contributed by atoms with Crippen LogP contribution in [-0.4, -0.2) is 17.5 Å². The Balaban J connectivity index is 1.77. The van der Waals surface area contributed by atoms with Crippen molar-refractivity contribution in [3.05, 3.63) is 71.9 Å². The SMILES string of the molecule is NCCc1ccc(C(=O)Oc2ccc3cccnc3c2)cc1. The summed E-state index contributed by atoms with van der Waals surface area (Å²) in [6, 6.07) is 16.5. The minimum atomic E-state index is -0.380. The molecule has 1 aromatic heterocycles. The monoisotopic (exact) mass is 292 g/mol. The first-order valence-corrected chi connectivity index (χ1v) is 7.12. The summed E-state index contributed by atoms with van der Waals surface area (Å²) in [5.74, 6) is 0.108. The van der Waals surface area contributed by atoms with Crippen LogP contribution in [0.3, 0.4) is 0 Å². The molecule has 0 saturated carbocycles. The maximum absolute atomic E-state index is 12.2. The molecule has 2 aromatic carbocycles. The van der Waals surface area contributed by atoms with Gasteiger partial charge in [-0.3, -0.25) is 4.98 Å². The summed E-state index contributed by atoms with van der Waals surface area (Å²) < 4.78 is 5.40. The Morgan fingerprint density at radius 2 is 1.91 bits per heavy atom. The lowest BCUT2D eigenvalue weighted by atomic mass is 10.1. The zero-order valence-electron chi connectivity index (χ0n) is 12.0. The van der Waals surface area contributed by atoms with Crippen LogP contribution in [0.4, 0.5) is 0 Å². The molecule has 0 unspecified atom stereocenters. The smallest absolute Gasteiger partial charge is 0.343 e. The van der Waals surface area contributed by atoms with Crippen LogP contribution >= 0.6 is 0 Å². The van der Waals surface area contributed by atoms with Gasteiger partial charge in [0, 0.05) is 17.6 Å². The molecular weight excluding hydrogens is 276 g/mol. The predicted octanol–water partition coefficient (Wildman–Crippen LogP) is 2.96. The van der Waals surface area contributed by atoms with Crippen molar-refractivity contribution in [3.63, 3.8) is 0 Å². The Bertz CT molecular complexity index is 798. The summed E-state index contributed by atoms with van der Waals surface area (Å²) in [4.78, 5) is 16.4. The summed E-state index contributed by atoms with van der Waals surface area (Å²) in [6.45, 7) is 0.591. The first-order valence-electron chi connectivity index (χ1n) is 7.12. The van der Waals surface area contributed by atoms with E-state index in [0.717, 1.165) is 22.9 Å². The fraction of sp³-hybridized carbons (Fsp3) is 0.111. The van der Waals surface area contributed by atoms with Crippen molar-refractivity contribution >= 4 is 16.9 Å². The van der Waals surface area contributed by atoms with Crippen molar-refractivity contribution in [1.29, 1.82) is 0 Å². The first-order chi connectivity index (χ1) is 10.8. The minimum absolute atomic E-state index is 0.380. The molecule has 0 fully saturated rings. The summed E-state index contributed by atoms with van der Waals surface area (Å²) in [7, 11) is 0. The van der Waals surface area contributed by atoms with Crippen molar-refractivity contribution in [2.24, 2.45) is 5.73 Å². The Hall–Kier alpha value is -2.72. The van der Waals surface area contributed by atoms with Gasteiger partial charge in [-0.15, -0.1) is 0 Å². The van der Waals surface area contributed by atoms with Crippen LogP contribution in [0, 0.1) is 0 Å². The maximum atomic E-state index is 12.2. The van der Waals surface area contributed by atoms with E-state index >= 15 is 0 Å². The molecule has 3 rings (SSSR count). The molecule has 2 N–H and O–H groups in total. The summed E-state index contributed by atoms with van der Waals surface area (Å²) in [6.07, 6.45) is 2.51. The molecule has 0 aliphatic carbocycles. The van der Waals surface area contributed by atoms with Crippen molar-refractivity contribution < 1.29 is 9.53 Å². The molecule has 0 bridgehead atoms. The van der Waals surface area contributed by atoms with Crippen LogP contribution in [0.2, 0.25) is 0 Å². The molecule has 4 nitrogen and oxygen atoms in total. The van der Waals surface area contributed by atoms with E-state index < -0.39 is 0 Å². The lowest BCUT2D eigenvalue weighted by Crippen LogP contribution is -2.09. The fourth-order valence-corrected chi connectivity index (χ4v) is 2.25. The van der Waals surface area contributed by atoms with E-state index in [0.29, 0.717) is 17.9 Å². The van der Waals surface area contributed by atoms with Crippen LogP contribution in [0.5, 0.6) is 5.75 Å². The number of nitrogens with two attached hydrogens (primary N) is 1. The number of hydrogen-bond acceptors (Lipinski definition) is 4. The van der Waals surface area contributed by atoms with Crippen LogP contribution in [-0.2, 0) is 6.42 Å². The Morgan fingerprint density at radius 3 is 2.68 bits per heavy atom. The lowest BCUT2D eigenvalue weighted by Gasteiger charge is -2.06. The van der Waals surface area contributed by atoms with Gasteiger partial charge in [-0.25, -0.2) is 4.79 Å². The number of rotatable bonds is 4. The second-order valence-electron chi connectivity index (χ2n) is 4.98. The quantitative estimate of drug-likeness (QED) is 0.593. The van der Waals surface area contributed by atoms with Gasteiger partial charge in [-0.05, 0) is 48.9 Å². The molecule has 3 aromatic rings. The van der Waals surface area contributed by atoms with E-state index in [1.54, 1.807) is 30.5 Å². The average Bonchev–Trinajstić information content (AvgIpc) is 2.56.